The van der Waals surface area contributed by atoms with E-state index in [4.69, 9.17) is 8.94 Å². The Hall–Kier alpha value is -2.09. The number of nitrogens with zero attached hydrogens (tertiary/aromatic N) is 5. The van der Waals surface area contributed by atoms with E-state index >= 15 is 0 Å². The maximum atomic E-state index is 5.62. The number of aromatic nitrogens is 5. The predicted molar refractivity (Wildman–Crippen MR) is 107 cm³/mol. The van der Waals surface area contributed by atoms with Gasteiger partial charge in [0, 0.05) is 11.5 Å². The zero-order chi connectivity index (χ0) is 19.7. The second kappa shape index (κ2) is 7.73. The fraction of sp³-hybridized carbons (Fsp3) is 0.600. The summed E-state index contributed by atoms with van der Waals surface area (Å²) in [7, 11) is 0. The molecular formula is C20H27N5O2S. The van der Waals surface area contributed by atoms with Crippen molar-refractivity contribution in [2.45, 2.75) is 81.7 Å². The van der Waals surface area contributed by atoms with E-state index in [0.717, 1.165) is 35.4 Å². The van der Waals surface area contributed by atoms with E-state index in [1.807, 2.05) is 12.1 Å². The molecule has 1 aliphatic rings. The molecule has 0 bridgehead atoms. The van der Waals surface area contributed by atoms with Gasteiger partial charge in [0.25, 0.3) is 0 Å². The average Bonchev–Trinajstić information content (AvgIpc) is 3.41. The van der Waals surface area contributed by atoms with Crippen LogP contribution >= 0.6 is 11.8 Å². The lowest BCUT2D eigenvalue weighted by atomic mass is 9.95. The molecule has 1 atom stereocenters. The van der Waals surface area contributed by atoms with Gasteiger partial charge in [-0.2, -0.15) is 4.98 Å². The van der Waals surface area contributed by atoms with Gasteiger partial charge in [0.1, 0.15) is 0 Å². The van der Waals surface area contributed by atoms with Gasteiger partial charge < -0.3 is 8.94 Å². The van der Waals surface area contributed by atoms with Crippen molar-refractivity contribution in [2.24, 2.45) is 0 Å². The molecule has 0 saturated heterocycles. The van der Waals surface area contributed by atoms with Crippen LogP contribution in [0.3, 0.4) is 0 Å². The van der Waals surface area contributed by atoms with E-state index < -0.39 is 0 Å². The summed E-state index contributed by atoms with van der Waals surface area (Å²) in [6.07, 6.45) is 7.73. The molecule has 7 nitrogen and oxygen atoms in total. The fourth-order valence-electron chi connectivity index (χ4n) is 3.51. The summed E-state index contributed by atoms with van der Waals surface area (Å²) in [5, 5.41) is 14.0. The highest BCUT2D eigenvalue weighted by atomic mass is 32.2. The topological polar surface area (TPSA) is 82.8 Å². The molecule has 150 valence electrons. The van der Waals surface area contributed by atoms with Crippen molar-refractivity contribution in [1.29, 1.82) is 0 Å². The van der Waals surface area contributed by atoms with Crippen LogP contribution in [0.4, 0.5) is 0 Å². The minimum atomic E-state index is -0.138. The van der Waals surface area contributed by atoms with Gasteiger partial charge in [0.2, 0.25) is 11.7 Å². The molecule has 3 aromatic rings. The highest BCUT2D eigenvalue weighted by molar-refractivity contribution is 7.99. The van der Waals surface area contributed by atoms with Gasteiger partial charge in [-0.3, -0.25) is 4.57 Å². The molecule has 0 N–H and O–H groups in total. The van der Waals surface area contributed by atoms with Gasteiger partial charge in [0.15, 0.2) is 16.7 Å². The van der Waals surface area contributed by atoms with Gasteiger partial charge in [-0.15, -0.1) is 10.2 Å². The minimum absolute atomic E-state index is 0.0143. The summed E-state index contributed by atoms with van der Waals surface area (Å²) in [5.41, 5.74) is -0.138. The third kappa shape index (κ3) is 3.87. The molecule has 1 saturated carbocycles. The Kier molecular flexibility index (Phi) is 5.31. The van der Waals surface area contributed by atoms with Crippen molar-refractivity contribution in [3.8, 4) is 11.6 Å². The summed E-state index contributed by atoms with van der Waals surface area (Å²) >= 11 is 1.61. The van der Waals surface area contributed by atoms with Crippen LogP contribution in [0.5, 0.6) is 0 Å². The van der Waals surface area contributed by atoms with Crippen LogP contribution in [-0.4, -0.2) is 24.9 Å². The number of furan rings is 1. The van der Waals surface area contributed by atoms with Gasteiger partial charge in [0.05, 0.1) is 11.5 Å². The standard InChI is InChI=1S/C20H27N5O2S/c1-13(17-21-18(24-27-17)20(2,3)4)28-19-23-22-16(15-11-8-12-26-15)25(19)14-9-6-5-7-10-14/h8,11-14H,5-7,9-10H2,1-4H3. The normalized spacial score (nSPS) is 17.1. The van der Waals surface area contributed by atoms with E-state index in [2.05, 4.69) is 52.6 Å². The van der Waals surface area contributed by atoms with Crippen LogP contribution in [0, 0.1) is 0 Å². The lowest BCUT2D eigenvalue weighted by Gasteiger charge is -2.25. The van der Waals surface area contributed by atoms with Crippen LogP contribution in [0.2, 0.25) is 0 Å². The summed E-state index contributed by atoms with van der Waals surface area (Å²) in [5.74, 6) is 2.89. The van der Waals surface area contributed by atoms with Crippen LogP contribution in [0.25, 0.3) is 11.6 Å². The van der Waals surface area contributed by atoms with Crippen LogP contribution in [0.1, 0.15) is 82.8 Å². The van der Waals surface area contributed by atoms with Gasteiger partial charge >= 0.3 is 0 Å². The Labute approximate surface area is 169 Å². The SMILES string of the molecule is CC(Sc1nnc(-c2ccco2)n1C1CCCCC1)c1nc(C(C)(C)C)no1. The molecule has 1 fully saturated rings. The zero-order valence-corrected chi connectivity index (χ0v) is 17.7. The molecule has 0 spiro atoms. The number of hydrogen-bond acceptors (Lipinski definition) is 7. The maximum Gasteiger partial charge on any atom is 0.239 e. The van der Waals surface area contributed by atoms with Crippen molar-refractivity contribution < 1.29 is 8.94 Å². The molecule has 0 aromatic carbocycles. The first kappa shape index (κ1) is 19.2. The number of thioether (sulfide) groups is 1. The highest BCUT2D eigenvalue weighted by Crippen LogP contribution is 2.40. The van der Waals surface area contributed by atoms with Gasteiger partial charge in [-0.1, -0.05) is 57.0 Å². The van der Waals surface area contributed by atoms with Crippen molar-refractivity contribution in [1.82, 2.24) is 24.9 Å². The molecule has 3 heterocycles. The molecule has 8 heteroatoms. The number of rotatable bonds is 5. The fourth-order valence-corrected chi connectivity index (χ4v) is 4.46. The van der Waals surface area contributed by atoms with E-state index in [9.17, 15) is 0 Å². The van der Waals surface area contributed by atoms with Crippen LogP contribution in [-0.2, 0) is 5.41 Å². The smallest absolute Gasteiger partial charge is 0.239 e. The molecule has 0 amide bonds. The quantitative estimate of drug-likeness (QED) is 0.516. The van der Waals surface area contributed by atoms with E-state index in [1.54, 1.807) is 18.0 Å². The minimum Gasteiger partial charge on any atom is -0.461 e. The van der Waals surface area contributed by atoms with Crippen LogP contribution in [0.15, 0.2) is 32.5 Å². The monoisotopic (exact) mass is 401 g/mol. The Balaban J connectivity index is 1.63. The van der Waals surface area contributed by atoms with Crippen LogP contribution < -0.4 is 0 Å². The molecule has 28 heavy (non-hydrogen) atoms. The lowest BCUT2D eigenvalue weighted by molar-refractivity contribution is 0.336. The largest absolute Gasteiger partial charge is 0.461 e. The first-order valence-electron chi connectivity index (χ1n) is 9.93. The molecule has 4 rings (SSSR count). The van der Waals surface area contributed by atoms with E-state index in [-0.39, 0.29) is 10.7 Å². The zero-order valence-electron chi connectivity index (χ0n) is 16.9. The summed E-state index contributed by atoms with van der Waals surface area (Å²) in [6.45, 7) is 8.30. The van der Waals surface area contributed by atoms with E-state index in [1.165, 1.54) is 19.3 Å². The highest BCUT2D eigenvalue weighted by Gasteiger charge is 2.28. The molecular weight excluding hydrogens is 374 g/mol. The molecule has 0 aliphatic heterocycles. The predicted octanol–water partition coefficient (Wildman–Crippen LogP) is 5.58. The first-order chi connectivity index (χ1) is 13.4. The van der Waals surface area contributed by atoms with Gasteiger partial charge in [-0.05, 0) is 31.9 Å². The summed E-state index contributed by atoms with van der Waals surface area (Å²) in [6, 6.07) is 4.22. The van der Waals surface area contributed by atoms with E-state index in [0.29, 0.717) is 11.9 Å². The molecule has 1 aliphatic carbocycles. The van der Waals surface area contributed by atoms with Gasteiger partial charge in [-0.25, -0.2) is 0 Å². The van der Waals surface area contributed by atoms with Crippen molar-refractivity contribution in [2.75, 3.05) is 0 Å². The molecule has 3 aromatic heterocycles. The Morgan fingerprint density at radius 1 is 1.18 bits per heavy atom. The Morgan fingerprint density at radius 3 is 2.61 bits per heavy atom. The first-order valence-corrected chi connectivity index (χ1v) is 10.8. The third-order valence-corrected chi connectivity index (χ3v) is 6.13. The third-order valence-electron chi connectivity index (χ3n) is 5.09. The second-order valence-electron chi connectivity index (χ2n) is 8.41. The summed E-state index contributed by atoms with van der Waals surface area (Å²) < 4.78 is 13.4. The van der Waals surface area contributed by atoms with Crippen molar-refractivity contribution >= 4 is 11.8 Å². The molecule has 1 unspecified atom stereocenters. The number of hydrogen-bond donors (Lipinski definition) is 0. The van der Waals surface area contributed by atoms with Crippen molar-refractivity contribution in [3.63, 3.8) is 0 Å². The lowest BCUT2D eigenvalue weighted by Crippen LogP contribution is -2.15. The molecule has 0 radical (unpaired) electrons. The Bertz CT molecular complexity index is 904. The summed E-state index contributed by atoms with van der Waals surface area (Å²) in [4.78, 5) is 4.60. The Morgan fingerprint density at radius 2 is 1.96 bits per heavy atom. The average molecular weight is 402 g/mol. The second-order valence-corrected chi connectivity index (χ2v) is 9.72. The van der Waals surface area contributed by atoms with Crippen molar-refractivity contribution in [3.05, 3.63) is 30.1 Å². The maximum absolute atomic E-state index is 5.62.